The predicted molar refractivity (Wildman–Crippen MR) is 99.6 cm³/mol. The first kappa shape index (κ1) is 17.7. The molecule has 0 aliphatic carbocycles. The number of carboxylic acid groups (broad SMARTS) is 1. The van der Waals surface area contributed by atoms with E-state index in [2.05, 4.69) is 20.0 Å². The Morgan fingerprint density at radius 1 is 1.19 bits per heavy atom. The monoisotopic (exact) mass is 390 g/mol. The van der Waals surface area contributed by atoms with Crippen molar-refractivity contribution in [2.75, 3.05) is 13.1 Å². The lowest BCUT2D eigenvalue weighted by Crippen LogP contribution is -2.42. The van der Waals surface area contributed by atoms with Gasteiger partial charge in [-0.05, 0) is 38.1 Å². The molecule has 10 heteroatoms. The Labute approximate surface area is 153 Å². The van der Waals surface area contributed by atoms with Crippen LogP contribution in [0.5, 0.6) is 0 Å². The summed E-state index contributed by atoms with van der Waals surface area (Å²) in [6, 6.07) is 4.30. The van der Waals surface area contributed by atoms with Crippen LogP contribution in [0.15, 0.2) is 34.1 Å². The highest BCUT2D eigenvalue weighted by molar-refractivity contribution is 7.89. The van der Waals surface area contributed by atoms with Crippen molar-refractivity contribution in [1.29, 1.82) is 0 Å². The molecule has 0 saturated carbocycles. The lowest BCUT2D eigenvalue weighted by molar-refractivity contribution is 0.0699. The molecule has 3 aromatic rings. The topological polar surface area (TPSA) is 144 Å². The molecule has 5 N–H and O–H groups in total. The molecule has 0 spiro atoms. The van der Waals surface area contributed by atoms with Crippen molar-refractivity contribution in [2.45, 2.75) is 23.8 Å². The molecule has 0 atom stereocenters. The SMILES string of the molecule is O=C(O)c1c[nH]c2c(=O)[nH]c3cccc(S(=O)(=O)NC4CCNCC4)c3c12. The second-order valence-electron chi connectivity index (χ2n) is 6.54. The van der Waals surface area contributed by atoms with Gasteiger partial charge < -0.3 is 20.4 Å². The van der Waals surface area contributed by atoms with E-state index < -0.39 is 21.6 Å². The maximum Gasteiger partial charge on any atom is 0.337 e. The number of aromatic amines is 2. The molecule has 3 heterocycles. The number of hydrogen-bond donors (Lipinski definition) is 5. The van der Waals surface area contributed by atoms with Crippen molar-refractivity contribution < 1.29 is 18.3 Å². The number of pyridine rings is 1. The van der Waals surface area contributed by atoms with Crippen LogP contribution >= 0.6 is 0 Å². The van der Waals surface area contributed by atoms with Gasteiger partial charge in [0.05, 0.1) is 16.0 Å². The molecule has 142 valence electrons. The van der Waals surface area contributed by atoms with Crippen LogP contribution in [0.25, 0.3) is 21.8 Å². The van der Waals surface area contributed by atoms with Crippen LogP contribution in [0.4, 0.5) is 0 Å². The van der Waals surface area contributed by atoms with E-state index in [0.29, 0.717) is 12.8 Å². The van der Waals surface area contributed by atoms with E-state index >= 15 is 0 Å². The van der Waals surface area contributed by atoms with Gasteiger partial charge in [-0.3, -0.25) is 4.79 Å². The summed E-state index contributed by atoms with van der Waals surface area (Å²) in [7, 11) is -3.92. The number of carbonyl (C=O) groups is 1. The average molecular weight is 390 g/mol. The van der Waals surface area contributed by atoms with Crippen molar-refractivity contribution in [2.24, 2.45) is 0 Å². The summed E-state index contributed by atoms with van der Waals surface area (Å²) in [6.07, 6.45) is 2.53. The molecule has 0 bridgehead atoms. The number of aromatic carboxylic acids is 1. The predicted octanol–water partition coefficient (Wildman–Crippen LogP) is 0.738. The van der Waals surface area contributed by atoms with E-state index in [4.69, 9.17) is 0 Å². The van der Waals surface area contributed by atoms with Crippen LogP contribution in [0.1, 0.15) is 23.2 Å². The summed E-state index contributed by atoms with van der Waals surface area (Å²) < 4.78 is 28.8. The number of piperidine rings is 1. The van der Waals surface area contributed by atoms with Gasteiger partial charge in [0.1, 0.15) is 5.52 Å². The third-order valence-corrected chi connectivity index (χ3v) is 6.38. The Morgan fingerprint density at radius 3 is 2.63 bits per heavy atom. The smallest absolute Gasteiger partial charge is 0.337 e. The molecule has 1 aliphatic heterocycles. The van der Waals surface area contributed by atoms with Crippen LogP contribution in [0, 0.1) is 0 Å². The third kappa shape index (κ3) is 3.01. The Balaban J connectivity index is 1.98. The summed E-state index contributed by atoms with van der Waals surface area (Å²) in [5.74, 6) is -1.24. The molecule has 27 heavy (non-hydrogen) atoms. The molecule has 9 nitrogen and oxygen atoms in total. The zero-order valence-corrected chi connectivity index (χ0v) is 15.0. The number of hydrogen-bond acceptors (Lipinski definition) is 5. The maximum absolute atomic E-state index is 13.1. The van der Waals surface area contributed by atoms with Gasteiger partial charge in [0.2, 0.25) is 10.0 Å². The molecule has 2 aromatic heterocycles. The number of carboxylic acids is 1. The van der Waals surface area contributed by atoms with Crippen LogP contribution in [-0.4, -0.2) is 48.6 Å². The number of fused-ring (bicyclic) bond motifs is 3. The van der Waals surface area contributed by atoms with Gasteiger partial charge in [0.15, 0.2) is 0 Å². The summed E-state index contributed by atoms with van der Waals surface area (Å²) in [5.41, 5.74) is -0.358. The number of aromatic nitrogens is 2. The first-order chi connectivity index (χ1) is 12.9. The van der Waals surface area contributed by atoms with Crippen LogP contribution in [0.2, 0.25) is 0 Å². The third-order valence-electron chi connectivity index (χ3n) is 4.81. The number of sulfonamides is 1. The van der Waals surface area contributed by atoms with Crippen LogP contribution in [-0.2, 0) is 10.0 Å². The zero-order chi connectivity index (χ0) is 19.2. The van der Waals surface area contributed by atoms with E-state index in [1.165, 1.54) is 18.3 Å². The quantitative estimate of drug-likeness (QED) is 0.444. The normalized spacial score (nSPS) is 16.1. The highest BCUT2D eigenvalue weighted by Crippen LogP contribution is 2.30. The van der Waals surface area contributed by atoms with Gasteiger partial charge in [-0.1, -0.05) is 6.07 Å². The zero-order valence-electron chi connectivity index (χ0n) is 14.2. The summed E-state index contributed by atoms with van der Waals surface area (Å²) in [6.45, 7) is 1.45. The lowest BCUT2D eigenvalue weighted by atomic mass is 10.1. The highest BCUT2D eigenvalue weighted by atomic mass is 32.2. The van der Waals surface area contributed by atoms with Gasteiger partial charge in [-0.2, -0.15) is 0 Å². The first-order valence-corrected chi connectivity index (χ1v) is 9.99. The van der Waals surface area contributed by atoms with Gasteiger partial charge in [-0.15, -0.1) is 0 Å². The van der Waals surface area contributed by atoms with Crippen molar-refractivity contribution in [3.8, 4) is 0 Å². The first-order valence-electron chi connectivity index (χ1n) is 8.51. The molecule has 1 fully saturated rings. The minimum Gasteiger partial charge on any atom is -0.478 e. The maximum atomic E-state index is 13.1. The Kier molecular flexibility index (Phi) is 4.25. The fraction of sp³-hybridized carbons (Fsp3) is 0.294. The fourth-order valence-corrected chi connectivity index (χ4v) is 5.10. The summed E-state index contributed by atoms with van der Waals surface area (Å²) >= 11 is 0. The van der Waals surface area contributed by atoms with E-state index in [1.807, 2.05) is 0 Å². The highest BCUT2D eigenvalue weighted by Gasteiger charge is 2.26. The number of nitrogens with one attached hydrogen (secondary N) is 4. The Bertz CT molecular complexity index is 1210. The van der Waals surface area contributed by atoms with Gasteiger partial charge in [0.25, 0.3) is 5.56 Å². The largest absolute Gasteiger partial charge is 0.478 e. The van der Waals surface area contributed by atoms with E-state index in [1.54, 1.807) is 6.07 Å². The second kappa shape index (κ2) is 6.48. The van der Waals surface area contributed by atoms with Crippen molar-refractivity contribution in [3.05, 3.63) is 40.3 Å². The van der Waals surface area contributed by atoms with Gasteiger partial charge >= 0.3 is 5.97 Å². The van der Waals surface area contributed by atoms with Crippen molar-refractivity contribution in [3.63, 3.8) is 0 Å². The minimum atomic E-state index is -3.92. The standard InChI is InChI=1S/C17H18N4O5S/c22-16-15-13(10(8-19-15)17(23)24)14-11(20-16)2-1-3-12(14)27(25,26)21-9-4-6-18-7-5-9/h1-3,8-9,18-19,21H,4-7H2,(H,20,22)(H,23,24). The van der Waals surface area contributed by atoms with Gasteiger partial charge in [0, 0.05) is 23.0 Å². The molecule has 0 unspecified atom stereocenters. The number of H-pyrrole nitrogens is 2. The minimum absolute atomic E-state index is 0.0319. The summed E-state index contributed by atoms with van der Waals surface area (Å²) in [5, 5.41) is 12.9. The Hall–Kier alpha value is -2.69. The van der Waals surface area contributed by atoms with E-state index in [9.17, 15) is 23.1 Å². The fourth-order valence-electron chi connectivity index (χ4n) is 3.56. The van der Waals surface area contributed by atoms with E-state index in [0.717, 1.165) is 13.1 Å². The molecule has 1 aromatic carbocycles. The van der Waals surface area contributed by atoms with Crippen molar-refractivity contribution in [1.82, 2.24) is 20.0 Å². The molecule has 0 radical (unpaired) electrons. The number of rotatable bonds is 4. The second-order valence-corrected chi connectivity index (χ2v) is 8.22. The lowest BCUT2D eigenvalue weighted by Gasteiger charge is -2.23. The Morgan fingerprint density at radius 2 is 1.93 bits per heavy atom. The average Bonchev–Trinajstić information content (AvgIpc) is 3.08. The summed E-state index contributed by atoms with van der Waals surface area (Å²) in [4.78, 5) is 29.1. The number of benzene rings is 1. The molecule has 4 rings (SSSR count). The molecule has 0 amide bonds. The molecular formula is C17H18N4O5S. The van der Waals surface area contributed by atoms with Crippen molar-refractivity contribution >= 4 is 37.8 Å². The van der Waals surface area contributed by atoms with Crippen LogP contribution in [0.3, 0.4) is 0 Å². The molecule has 1 aliphatic rings. The van der Waals surface area contributed by atoms with E-state index in [-0.39, 0.29) is 38.3 Å². The molecular weight excluding hydrogens is 372 g/mol. The molecule has 1 saturated heterocycles. The van der Waals surface area contributed by atoms with Crippen LogP contribution < -0.4 is 15.6 Å². The van der Waals surface area contributed by atoms with Gasteiger partial charge in [-0.25, -0.2) is 17.9 Å².